The minimum Gasteiger partial charge on any atom is -0.481 e. The molecule has 0 saturated carbocycles. The van der Waals surface area contributed by atoms with Crippen LogP contribution in [0, 0.1) is 0 Å². The van der Waals surface area contributed by atoms with Crippen LogP contribution in [0.3, 0.4) is 0 Å². The minimum absolute atomic E-state index is 0.0826. The van der Waals surface area contributed by atoms with Gasteiger partial charge in [-0.25, -0.2) is 0 Å². The van der Waals surface area contributed by atoms with Crippen LogP contribution in [-0.4, -0.2) is 30.4 Å². The highest BCUT2D eigenvalue weighted by Crippen LogP contribution is 2.20. The Morgan fingerprint density at radius 1 is 1.29 bits per heavy atom. The highest BCUT2D eigenvalue weighted by Gasteiger charge is 2.11. The van der Waals surface area contributed by atoms with Gasteiger partial charge in [-0.3, -0.25) is 9.59 Å². The van der Waals surface area contributed by atoms with Crippen LogP contribution in [-0.2, 0) is 27.2 Å². The fourth-order valence-electron chi connectivity index (χ4n) is 1.46. The third kappa shape index (κ3) is 4.11. The molecule has 1 aromatic carbocycles. The molecule has 0 heterocycles. The summed E-state index contributed by atoms with van der Waals surface area (Å²) in [5.41, 5.74) is 1.37. The zero-order valence-corrected chi connectivity index (χ0v) is 10.5. The van der Waals surface area contributed by atoms with Crippen molar-refractivity contribution in [1.29, 1.82) is 0 Å². The number of hydrogen-bond donors (Lipinski definition) is 1. The molecule has 1 rings (SSSR count). The first-order valence-electron chi connectivity index (χ1n) is 5.01. The van der Waals surface area contributed by atoms with E-state index < -0.39 is 5.97 Å². The van der Waals surface area contributed by atoms with E-state index in [9.17, 15) is 9.59 Å². The van der Waals surface area contributed by atoms with Crippen molar-refractivity contribution in [2.24, 2.45) is 0 Å². The second-order valence-corrected chi connectivity index (χ2v) is 4.34. The average molecular weight is 254 g/mol. The van der Waals surface area contributed by atoms with E-state index in [0.717, 1.165) is 4.90 Å². The molecule has 0 aliphatic carbocycles. The summed E-state index contributed by atoms with van der Waals surface area (Å²) in [5.74, 6) is -1.28. The number of carboxylic acids is 1. The van der Waals surface area contributed by atoms with Gasteiger partial charge in [-0.05, 0) is 29.5 Å². The van der Waals surface area contributed by atoms with Gasteiger partial charge in [0.2, 0.25) is 0 Å². The summed E-state index contributed by atoms with van der Waals surface area (Å²) >= 11 is 1.53. The van der Waals surface area contributed by atoms with Gasteiger partial charge in [0.15, 0.2) is 0 Å². The highest BCUT2D eigenvalue weighted by atomic mass is 32.2. The van der Waals surface area contributed by atoms with E-state index in [-0.39, 0.29) is 18.8 Å². The van der Waals surface area contributed by atoms with E-state index >= 15 is 0 Å². The first-order valence-corrected chi connectivity index (χ1v) is 6.23. The molecule has 0 atom stereocenters. The van der Waals surface area contributed by atoms with Crippen LogP contribution in [0.4, 0.5) is 0 Å². The second-order valence-electron chi connectivity index (χ2n) is 3.46. The lowest BCUT2D eigenvalue weighted by molar-refractivity contribution is -0.140. The minimum atomic E-state index is -0.908. The van der Waals surface area contributed by atoms with Crippen LogP contribution in [0.2, 0.25) is 0 Å². The third-order valence-corrected chi connectivity index (χ3v) is 3.04. The number of thioether (sulfide) groups is 1. The number of methoxy groups -OCH3 is 1. The topological polar surface area (TPSA) is 63.6 Å². The Morgan fingerprint density at radius 3 is 2.53 bits per heavy atom. The van der Waals surface area contributed by atoms with Gasteiger partial charge >= 0.3 is 11.9 Å². The zero-order valence-electron chi connectivity index (χ0n) is 9.73. The second kappa shape index (κ2) is 6.30. The number of esters is 1. The van der Waals surface area contributed by atoms with E-state index in [0.29, 0.717) is 11.1 Å². The van der Waals surface area contributed by atoms with E-state index in [4.69, 9.17) is 5.11 Å². The normalized spacial score (nSPS) is 10.0. The van der Waals surface area contributed by atoms with Gasteiger partial charge in [0.1, 0.15) is 0 Å². The molecule has 1 N–H and O–H groups in total. The summed E-state index contributed by atoms with van der Waals surface area (Å²) in [4.78, 5) is 22.9. The SMILES string of the molecule is COC(=O)Cc1ccc(SC)cc1CC(=O)O. The lowest BCUT2D eigenvalue weighted by Gasteiger charge is -2.08. The maximum Gasteiger partial charge on any atom is 0.309 e. The molecule has 0 aliphatic heterocycles. The quantitative estimate of drug-likeness (QED) is 0.640. The number of aliphatic carboxylic acids is 1. The van der Waals surface area contributed by atoms with E-state index in [1.54, 1.807) is 12.1 Å². The predicted octanol–water partition coefficient (Wildman–Crippen LogP) is 1.75. The van der Waals surface area contributed by atoms with Crippen molar-refractivity contribution in [3.63, 3.8) is 0 Å². The Morgan fingerprint density at radius 2 is 2.00 bits per heavy atom. The molecule has 0 spiro atoms. The average Bonchev–Trinajstić information content (AvgIpc) is 2.30. The molecule has 17 heavy (non-hydrogen) atoms. The van der Waals surface area contributed by atoms with Crippen LogP contribution in [0.1, 0.15) is 11.1 Å². The first kappa shape index (κ1) is 13.6. The molecular formula is C12H14O4S. The largest absolute Gasteiger partial charge is 0.481 e. The number of hydrogen-bond acceptors (Lipinski definition) is 4. The van der Waals surface area contributed by atoms with Crippen molar-refractivity contribution in [3.05, 3.63) is 29.3 Å². The Kier molecular flexibility index (Phi) is 5.03. The zero-order chi connectivity index (χ0) is 12.8. The summed E-state index contributed by atoms with van der Waals surface area (Å²) < 4.78 is 4.58. The monoisotopic (exact) mass is 254 g/mol. The van der Waals surface area contributed by atoms with E-state index in [1.165, 1.54) is 18.9 Å². The molecule has 92 valence electrons. The molecule has 0 aliphatic rings. The molecule has 0 amide bonds. The maximum atomic E-state index is 11.2. The van der Waals surface area contributed by atoms with Gasteiger partial charge in [-0.1, -0.05) is 6.07 Å². The van der Waals surface area contributed by atoms with Gasteiger partial charge in [0.05, 0.1) is 20.0 Å². The summed E-state index contributed by atoms with van der Waals surface area (Å²) in [6.07, 6.45) is 1.94. The molecule has 4 nitrogen and oxygen atoms in total. The molecule has 5 heteroatoms. The number of carbonyl (C=O) groups excluding carboxylic acids is 1. The van der Waals surface area contributed by atoms with Crippen molar-refractivity contribution >= 4 is 23.7 Å². The Hall–Kier alpha value is -1.49. The van der Waals surface area contributed by atoms with Crippen molar-refractivity contribution < 1.29 is 19.4 Å². The molecular weight excluding hydrogens is 240 g/mol. The number of ether oxygens (including phenoxy) is 1. The lowest BCUT2D eigenvalue weighted by Crippen LogP contribution is -2.09. The summed E-state index contributed by atoms with van der Waals surface area (Å²) in [7, 11) is 1.31. The van der Waals surface area contributed by atoms with Crippen LogP contribution in [0.5, 0.6) is 0 Å². The molecule has 0 saturated heterocycles. The fraction of sp³-hybridized carbons (Fsp3) is 0.333. The van der Waals surface area contributed by atoms with Crippen molar-refractivity contribution in [2.45, 2.75) is 17.7 Å². The van der Waals surface area contributed by atoms with Gasteiger partial charge < -0.3 is 9.84 Å². The van der Waals surface area contributed by atoms with Gasteiger partial charge in [0, 0.05) is 4.90 Å². The van der Waals surface area contributed by atoms with Crippen molar-refractivity contribution in [2.75, 3.05) is 13.4 Å². The summed E-state index contributed by atoms with van der Waals surface area (Å²) in [6.45, 7) is 0. The third-order valence-electron chi connectivity index (χ3n) is 2.32. The van der Waals surface area contributed by atoms with Crippen molar-refractivity contribution in [1.82, 2.24) is 0 Å². The van der Waals surface area contributed by atoms with Gasteiger partial charge in [0.25, 0.3) is 0 Å². The van der Waals surface area contributed by atoms with Gasteiger partial charge in [-0.2, -0.15) is 0 Å². The van der Waals surface area contributed by atoms with E-state index in [2.05, 4.69) is 4.74 Å². The molecule has 0 fully saturated rings. The Balaban J connectivity index is 3.01. The Bertz CT molecular complexity index is 429. The molecule has 0 unspecified atom stereocenters. The summed E-state index contributed by atoms with van der Waals surface area (Å²) in [6, 6.07) is 5.45. The Labute approximate surface area is 104 Å². The van der Waals surface area contributed by atoms with Crippen LogP contribution >= 0.6 is 11.8 Å². The number of rotatable bonds is 5. The number of carbonyl (C=O) groups is 2. The smallest absolute Gasteiger partial charge is 0.309 e. The summed E-state index contributed by atoms with van der Waals surface area (Å²) in [5, 5.41) is 8.82. The van der Waals surface area contributed by atoms with E-state index in [1.807, 2.05) is 12.3 Å². The van der Waals surface area contributed by atoms with Crippen molar-refractivity contribution in [3.8, 4) is 0 Å². The van der Waals surface area contributed by atoms with Gasteiger partial charge in [-0.15, -0.1) is 11.8 Å². The molecule has 1 aromatic rings. The van der Waals surface area contributed by atoms with Crippen LogP contribution in [0.25, 0.3) is 0 Å². The predicted molar refractivity (Wildman–Crippen MR) is 65.3 cm³/mol. The first-order chi connectivity index (χ1) is 8.06. The molecule has 0 aromatic heterocycles. The van der Waals surface area contributed by atoms with Crippen LogP contribution < -0.4 is 0 Å². The van der Waals surface area contributed by atoms with Crippen LogP contribution in [0.15, 0.2) is 23.1 Å². The molecule has 0 bridgehead atoms. The number of carboxylic acid groups (broad SMARTS) is 1. The molecule has 0 radical (unpaired) electrons. The maximum absolute atomic E-state index is 11.2. The number of benzene rings is 1. The highest BCUT2D eigenvalue weighted by molar-refractivity contribution is 7.98. The lowest BCUT2D eigenvalue weighted by atomic mass is 10.0. The fourth-order valence-corrected chi connectivity index (χ4v) is 1.92. The standard InChI is InChI=1S/C12H14O4S/c1-16-12(15)7-8-3-4-10(17-2)5-9(8)6-11(13)14/h3-5H,6-7H2,1-2H3,(H,13,14).